The number of amides is 2. The van der Waals surface area contributed by atoms with Gasteiger partial charge in [0.25, 0.3) is 0 Å². The number of anilines is 2. The van der Waals surface area contributed by atoms with Crippen molar-refractivity contribution in [3.8, 4) is 22.8 Å². The zero-order valence-corrected chi connectivity index (χ0v) is 21.4. The van der Waals surface area contributed by atoms with E-state index >= 15 is 0 Å². The quantitative estimate of drug-likeness (QED) is 0.270. The van der Waals surface area contributed by atoms with Crippen LogP contribution in [0.4, 0.5) is 16.3 Å². The number of hydrogen-bond donors (Lipinski definition) is 4. The van der Waals surface area contributed by atoms with Crippen molar-refractivity contribution in [2.24, 2.45) is 5.92 Å². The summed E-state index contributed by atoms with van der Waals surface area (Å²) in [4.78, 5) is 19.4. The molecule has 2 amide bonds. The molecule has 2 aromatic carbocycles. The van der Waals surface area contributed by atoms with E-state index in [1.165, 1.54) is 0 Å². The number of hydrogen-bond acceptors (Lipinski definition) is 6. The van der Waals surface area contributed by atoms with E-state index in [1.54, 1.807) is 41.0 Å². The standard InChI is InChI=1S/C26H27BrN6O3/c1-16-8-9-18(34)11-21(16)31-26(36)32-10-4-5-17(15-32)13-28-24-12-22(19-6-2-3-7-23(19)35)30-25-20(27)14-29-33(24)25/h2-3,6-9,11-12,14,17,28,34-35H,4-5,10,13,15H2,1H3,(H,31,36). The van der Waals surface area contributed by atoms with Crippen LogP contribution in [0, 0.1) is 12.8 Å². The molecule has 0 bridgehead atoms. The number of aromatic hydroxyl groups is 2. The minimum absolute atomic E-state index is 0.119. The molecule has 186 valence electrons. The molecule has 1 unspecified atom stereocenters. The molecule has 0 spiro atoms. The SMILES string of the molecule is Cc1ccc(O)cc1NC(=O)N1CCCC(CNc2cc(-c3ccccc3O)nc3c(Br)cnn23)C1. The molecule has 0 radical (unpaired) electrons. The van der Waals surface area contributed by atoms with Crippen LogP contribution < -0.4 is 10.6 Å². The third-order valence-corrected chi connectivity index (χ3v) is 7.01. The summed E-state index contributed by atoms with van der Waals surface area (Å²) >= 11 is 3.51. The monoisotopic (exact) mass is 550 g/mol. The molecule has 1 fully saturated rings. The molecule has 4 aromatic rings. The van der Waals surface area contributed by atoms with E-state index in [2.05, 4.69) is 36.6 Å². The van der Waals surface area contributed by atoms with Gasteiger partial charge in [0.15, 0.2) is 5.65 Å². The zero-order valence-electron chi connectivity index (χ0n) is 19.8. The Morgan fingerprint density at radius 1 is 1.19 bits per heavy atom. The predicted molar refractivity (Wildman–Crippen MR) is 142 cm³/mol. The first kappa shape index (κ1) is 23.9. The number of halogens is 1. The first-order valence-electron chi connectivity index (χ1n) is 11.8. The van der Waals surface area contributed by atoms with Gasteiger partial charge in [-0.3, -0.25) is 0 Å². The van der Waals surface area contributed by atoms with Crippen molar-refractivity contribution in [1.82, 2.24) is 19.5 Å². The first-order valence-corrected chi connectivity index (χ1v) is 12.6. The minimum atomic E-state index is -0.169. The van der Waals surface area contributed by atoms with Crippen LogP contribution in [0.2, 0.25) is 0 Å². The highest BCUT2D eigenvalue weighted by Crippen LogP contribution is 2.31. The number of rotatable bonds is 5. The van der Waals surface area contributed by atoms with Crippen LogP contribution in [-0.4, -0.2) is 55.4 Å². The third-order valence-electron chi connectivity index (χ3n) is 6.45. The fourth-order valence-electron chi connectivity index (χ4n) is 4.49. The molecule has 2 aromatic heterocycles. The molecule has 10 heteroatoms. The molecule has 1 aliphatic heterocycles. The molecule has 0 saturated carbocycles. The van der Waals surface area contributed by atoms with Gasteiger partial charge in [-0.2, -0.15) is 9.61 Å². The Balaban J connectivity index is 1.31. The molecule has 0 aliphatic carbocycles. The molecular weight excluding hydrogens is 524 g/mol. The fourth-order valence-corrected chi connectivity index (χ4v) is 4.84. The van der Waals surface area contributed by atoms with Crippen molar-refractivity contribution < 1.29 is 15.0 Å². The van der Waals surface area contributed by atoms with Gasteiger partial charge in [-0.1, -0.05) is 18.2 Å². The van der Waals surface area contributed by atoms with Gasteiger partial charge in [-0.05, 0) is 65.4 Å². The normalized spacial score (nSPS) is 15.7. The summed E-state index contributed by atoms with van der Waals surface area (Å²) in [6, 6.07) is 13.8. The summed E-state index contributed by atoms with van der Waals surface area (Å²) in [6.45, 7) is 3.83. The van der Waals surface area contributed by atoms with E-state index in [9.17, 15) is 15.0 Å². The number of piperidine rings is 1. The number of fused-ring (bicyclic) bond motifs is 1. The number of urea groups is 1. The topological polar surface area (TPSA) is 115 Å². The van der Waals surface area contributed by atoms with Gasteiger partial charge < -0.3 is 25.7 Å². The van der Waals surface area contributed by atoms with E-state index in [0.717, 1.165) is 28.7 Å². The van der Waals surface area contributed by atoms with Gasteiger partial charge in [0.05, 0.1) is 16.4 Å². The summed E-state index contributed by atoms with van der Waals surface area (Å²) in [5.41, 5.74) is 3.42. The average molecular weight is 551 g/mol. The number of carbonyl (C=O) groups is 1. The molecular formula is C26H27BrN6O3. The van der Waals surface area contributed by atoms with E-state index in [-0.39, 0.29) is 23.4 Å². The second-order valence-electron chi connectivity index (χ2n) is 9.04. The summed E-state index contributed by atoms with van der Waals surface area (Å²) in [5, 5.41) is 31.0. The van der Waals surface area contributed by atoms with E-state index < -0.39 is 0 Å². The number of phenolic OH excluding ortho intramolecular Hbond substituents is 2. The van der Waals surface area contributed by atoms with Crippen LogP contribution in [0.5, 0.6) is 11.5 Å². The second kappa shape index (κ2) is 10.1. The molecule has 3 heterocycles. The van der Waals surface area contributed by atoms with Gasteiger partial charge in [-0.25, -0.2) is 9.78 Å². The van der Waals surface area contributed by atoms with Gasteiger partial charge in [0.2, 0.25) is 0 Å². The van der Waals surface area contributed by atoms with Crippen molar-refractivity contribution in [2.75, 3.05) is 30.3 Å². The van der Waals surface area contributed by atoms with Crippen molar-refractivity contribution in [3.05, 3.63) is 64.8 Å². The van der Waals surface area contributed by atoms with Gasteiger partial charge >= 0.3 is 6.03 Å². The minimum Gasteiger partial charge on any atom is -0.508 e. The summed E-state index contributed by atoms with van der Waals surface area (Å²) in [6.07, 6.45) is 3.59. The largest absolute Gasteiger partial charge is 0.508 e. The van der Waals surface area contributed by atoms with Gasteiger partial charge in [0.1, 0.15) is 17.3 Å². The molecule has 5 rings (SSSR count). The highest BCUT2D eigenvalue weighted by Gasteiger charge is 2.24. The summed E-state index contributed by atoms with van der Waals surface area (Å²) in [5.74, 6) is 1.27. The summed E-state index contributed by atoms with van der Waals surface area (Å²) in [7, 11) is 0. The Bertz CT molecular complexity index is 1420. The van der Waals surface area contributed by atoms with Crippen LogP contribution in [0.3, 0.4) is 0 Å². The highest BCUT2D eigenvalue weighted by molar-refractivity contribution is 9.10. The van der Waals surface area contributed by atoms with E-state index in [4.69, 9.17) is 0 Å². The molecule has 1 aliphatic rings. The molecule has 1 saturated heterocycles. The van der Waals surface area contributed by atoms with E-state index in [0.29, 0.717) is 42.2 Å². The Kier molecular flexibility index (Phi) is 6.69. The maximum absolute atomic E-state index is 12.9. The predicted octanol–water partition coefficient (Wildman–Crippen LogP) is 5.23. The zero-order chi connectivity index (χ0) is 25.2. The number of nitrogens with zero attached hydrogens (tertiary/aromatic N) is 4. The smallest absolute Gasteiger partial charge is 0.321 e. The van der Waals surface area contributed by atoms with E-state index in [1.807, 2.05) is 30.0 Å². The number of phenols is 2. The van der Waals surface area contributed by atoms with Crippen molar-refractivity contribution in [1.29, 1.82) is 0 Å². The number of nitrogens with one attached hydrogen (secondary N) is 2. The number of aryl methyl sites for hydroxylation is 1. The number of aromatic nitrogens is 3. The van der Waals surface area contributed by atoms with Crippen molar-refractivity contribution in [2.45, 2.75) is 19.8 Å². The third kappa shape index (κ3) is 4.94. The lowest BCUT2D eigenvalue weighted by molar-refractivity contribution is 0.180. The van der Waals surface area contributed by atoms with Crippen LogP contribution in [0.1, 0.15) is 18.4 Å². The lowest BCUT2D eigenvalue weighted by Gasteiger charge is -2.33. The average Bonchev–Trinajstić information content (AvgIpc) is 3.26. The molecule has 9 nitrogen and oxygen atoms in total. The molecule has 1 atom stereocenters. The van der Waals surface area contributed by atoms with Crippen molar-refractivity contribution in [3.63, 3.8) is 0 Å². The molecule has 36 heavy (non-hydrogen) atoms. The first-order chi connectivity index (χ1) is 17.4. The Hall–Kier alpha value is -3.79. The Morgan fingerprint density at radius 3 is 2.86 bits per heavy atom. The van der Waals surface area contributed by atoms with Gasteiger partial charge in [-0.15, -0.1) is 0 Å². The van der Waals surface area contributed by atoms with Crippen LogP contribution in [0.25, 0.3) is 16.9 Å². The Morgan fingerprint density at radius 2 is 2.03 bits per heavy atom. The summed E-state index contributed by atoms with van der Waals surface area (Å²) < 4.78 is 2.48. The Labute approximate surface area is 216 Å². The highest BCUT2D eigenvalue weighted by atomic mass is 79.9. The van der Waals surface area contributed by atoms with Crippen LogP contribution in [-0.2, 0) is 0 Å². The molecule has 4 N–H and O–H groups in total. The number of benzene rings is 2. The second-order valence-corrected chi connectivity index (χ2v) is 9.89. The van der Waals surface area contributed by atoms with Crippen molar-refractivity contribution >= 4 is 39.1 Å². The lowest BCUT2D eigenvalue weighted by Crippen LogP contribution is -2.44. The number of para-hydroxylation sites is 1. The van der Waals surface area contributed by atoms with Crippen LogP contribution >= 0.6 is 15.9 Å². The lowest BCUT2D eigenvalue weighted by atomic mass is 9.98. The fraction of sp³-hybridized carbons (Fsp3) is 0.269. The maximum Gasteiger partial charge on any atom is 0.321 e. The number of likely N-dealkylation sites (tertiary alicyclic amines) is 1. The van der Waals surface area contributed by atoms with Gasteiger partial charge in [0, 0.05) is 43.0 Å². The maximum atomic E-state index is 12.9. The number of carbonyl (C=O) groups excluding carboxylic acids is 1. The van der Waals surface area contributed by atoms with Crippen LogP contribution in [0.15, 0.2) is 59.2 Å².